The van der Waals surface area contributed by atoms with Crippen LogP contribution in [-0.4, -0.2) is 9.13 Å². The van der Waals surface area contributed by atoms with Gasteiger partial charge in [-0.25, -0.2) is 0 Å². The molecule has 0 amide bonds. The smallest absolute Gasteiger partial charge is 0.0542 e. The third kappa shape index (κ3) is 9.34. The molecule has 0 aliphatic heterocycles. The third-order valence-corrected chi connectivity index (χ3v) is 25.9. The van der Waals surface area contributed by atoms with Crippen molar-refractivity contribution in [3.8, 4) is 112 Å². The first-order valence-corrected chi connectivity index (χ1v) is 39.9. The number of benzene rings is 18. The zero-order chi connectivity index (χ0) is 75.4. The van der Waals surface area contributed by atoms with Crippen LogP contribution in [0.3, 0.4) is 0 Å². The molecule has 0 spiro atoms. The molecule has 4 nitrogen and oxygen atoms in total. The van der Waals surface area contributed by atoms with Gasteiger partial charge in [0.25, 0.3) is 0 Å². The molecule has 4 aliphatic carbocycles. The fourth-order valence-corrected chi connectivity index (χ4v) is 20.6. The van der Waals surface area contributed by atoms with Gasteiger partial charge in [0.2, 0.25) is 0 Å². The zero-order valence-electron chi connectivity index (χ0n) is 63.6. The Morgan fingerprint density at radius 2 is 0.579 bits per heavy atom. The Balaban J connectivity index is 0.587. The maximum absolute atomic E-state index is 2.51. The highest BCUT2D eigenvalue weighted by atomic mass is 15.2. The molecule has 2 heterocycles. The van der Waals surface area contributed by atoms with Crippen LogP contribution in [0.15, 0.2) is 376 Å². The molecule has 114 heavy (non-hydrogen) atoms. The Hall–Kier alpha value is -14.3. The second-order valence-electron chi connectivity index (χ2n) is 32.7. The van der Waals surface area contributed by atoms with Gasteiger partial charge in [0.15, 0.2) is 0 Å². The lowest BCUT2D eigenvalue weighted by Gasteiger charge is -2.28. The molecular formula is C110H74N4. The molecule has 4 aliphatic rings. The maximum Gasteiger partial charge on any atom is 0.0542 e. The van der Waals surface area contributed by atoms with Gasteiger partial charge in [-0.3, -0.25) is 0 Å². The highest BCUT2D eigenvalue weighted by Crippen LogP contribution is 2.58. The summed E-state index contributed by atoms with van der Waals surface area (Å²) in [7, 11) is 0. The molecule has 0 N–H and O–H groups in total. The maximum atomic E-state index is 2.51. The summed E-state index contributed by atoms with van der Waals surface area (Å²) in [5, 5.41) is 10.0. The van der Waals surface area contributed by atoms with E-state index in [-0.39, 0.29) is 10.8 Å². The molecule has 0 atom stereocenters. The van der Waals surface area contributed by atoms with Crippen molar-refractivity contribution >= 4 is 99.3 Å². The highest BCUT2D eigenvalue weighted by molar-refractivity contribution is 6.22. The van der Waals surface area contributed by atoms with E-state index in [1.807, 2.05) is 0 Å². The second-order valence-corrected chi connectivity index (χ2v) is 32.7. The van der Waals surface area contributed by atoms with Crippen molar-refractivity contribution in [2.24, 2.45) is 0 Å². The van der Waals surface area contributed by atoms with Gasteiger partial charge in [-0.05, 0) is 308 Å². The van der Waals surface area contributed by atoms with E-state index < -0.39 is 0 Å². The Morgan fingerprint density at radius 3 is 1.16 bits per heavy atom. The normalized spacial score (nSPS) is 13.4. The first kappa shape index (κ1) is 64.5. The van der Waals surface area contributed by atoms with Crippen molar-refractivity contribution < 1.29 is 0 Å². The summed E-state index contributed by atoms with van der Waals surface area (Å²) >= 11 is 0. The lowest BCUT2D eigenvalue weighted by molar-refractivity contribution is 0.660. The van der Waals surface area contributed by atoms with Crippen LogP contribution >= 0.6 is 0 Å². The minimum Gasteiger partial charge on any atom is -0.310 e. The predicted molar refractivity (Wildman–Crippen MR) is 480 cm³/mol. The van der Waals surface area contributed by atoms with Gasteiger partial charge in [-0.1, -0.05) is 240 Å². The average molecular weight is 1450 g/mol. The van der Waals surface area contributed by atoms with Gasteiger partial charge in [-0.2, -0.15) is 0 Å². The Kier molecular flexibility index (Phi) is 13.6. The number of fused-ring (bicyclic) bond motifs is 18. The summed E-state index contributed by atoms with van der Waals surface area (Å²) in [6, 6.07) is 142. The molecule has 0 fully saturated rings. The third-order valence-electron chi connectivity index (χ3n) is 25.9. The fourth-order valence-electron chi connectivity index (χ4n) is 20.6. The first-order valence-electron chi connectivity index (χ1n) is 39.9. The van der Waals surface area contributed by atoms with E-state index in [0.29, 0.717) is 0 Å². The van der Waals surface area contributed by atoms with Crippen molar-refractivity contribution in [1.82, 2.24) is 9.13 Å². The van der Waals surface area contributed by atoms with Crippen molar-refractivity contribution in [3.05, 3.63) is 398 Å². The van der Waals surface area contributed by atoms with Gasteiger partial charge in [0.1, 0.15) is 0 Å². The Morgan fingerprint density at radius 1 is 0.202 bits per heavy atom. The van der Waals surface area contributed by atoms with Crippen molar-refractivity contribution in [3.63, 3.8) is 0 Å². The number of rotatable bonds is 11. The first-order chi connectivity index (χ1) is 56.0. The summed E-state index contributed by atoms with van der Waals surface area (Å²) in [6.45, 7) is 9.67. The van der Waals surface area contributed by atoms with Crippen LogP contribution in [0.25, 0.3) is 177 Å². The summed E-state index contributed by atoms with van der Waals surface area (Å²) in [6.07, 6.45) is 0. The molecule has 0 saturated heterocycles. The zero-order valence-corrected chi connectivity index (χ0v) is 63.6. The van der Waals surface area contributed by atoms with Gasteiger partial charge in [0, 0.05) is 77.9 Å². The number of para-hydroxylation sites is 5. The number of hydrogen-bond acceptors (Lipinski definition) is 2. The fraction of sp³-hybridized carbons (Fsp3) is 0.0545. The van der Waals surface area contributed by atoms with Crippen LogP contribution in [0.1, 0.15) is 49.9 Å². The molecule has 24 rings (SSSR count). The molecule has 534 valence electrons. The second kappa shape index (κ2) is 24.1. The summed E-state index contributed by atoms with van der Waals surface area (Å²) in [4.78, 5) is 4.90. The highest BCUT2D eigenvalue weighted by Gasteiger charge is 2.39. The number of aromatic nitrogens is 2. The molecule has 2 aromatic heterocycles. The van der Waals surface area contributed by atoms with Crippen molar-refractivity contribution in [2.45, 2.75) is 38.5 Å². The van der Waals surface area contributed by atoms with E-state index >= 15 is 0 Å². The van der Waals surface area contributed by atoms with E-state index in [2.05, 4.69) is 423 Å². The quantitative estimate of drug-likeness (QED) is 0.128. The monoisotopic (exact) mass is 1450 g/mol. The van der Waals surface area contributed by atoms with Crippen LogP contribution in [0, 0.1) is 0 Å². The van der Waals surface area contributed by atoms with E-state index in [9.17, 15) is 0 Å². The van der Waals surface area contributed by atoms with Crippen LogP contribution in [0.2, 0.25) is 0 Å². The Labute approximate surface area is 662 Å². The van der Waals surface area contributed by atoms with Gasteiger partial charge < -0.3 is 18.9 Å². The largest absolute Gasteiger partial charge is 0.310 e. The van der Waals surface area contributed by atoms with Gasteiger partial charge in [-0.15, -0.1) is 0 Å². The number of nitrogens with zero attached hydrogens (tertiary/aromatic N) is 4. The van der Waals surface area contributed by atoms with Gasteiger partial charge in [0.05, 0.1) is 22.1 Å². The lowest BCUT2D eigenvalue weighted by atomic mass is 9.81. The minimum atomic E-state index is -0.297. The molecule has 0 radical (unpaired) electrons. The number of hydrogen-bond donors (Lipinski definition) is 0. The lowest BCUT2D eigenvalue weighted by Crippen LogP contribution is -2.16. The SMILES string of the molecule is CC1(C)c2cc(-c3cc4c5c(cccc5c3)-c3ccccc3-4)ccc2-c2ccc(N(c3ccccc3)c3ccc4c(c3)c3cc(-c5cc6c7c(c(-c8ccc9c(c8)C(C)(C)c8cc(N(c%10ccccc%10)c%10ccc%11c(c%10)c%10ccccc%10n%11-c%10ccccc%10)ccc8-9)ccc7c5)-c5ccccc5-6)ccc3n4-c3ccccc3)cc21. The molecule has 0 saturated carbocycles. The molecule has 0 unspecified atom stereocenters. The summed E-state index contributed by atoms with van der Waals surface area (Å²) in [5.41, 5.74) is 41.4. The predicted octanol–water partition coefficient (Wildman–Crippen LogP) is 30.0. The molecule has 0 bridgehead atoms. The van der Waals surface area contributed by atoms with Crippen molar-refractivity contribution in [1.29, 1.82) is 0 Å². The average Bonchev–Trinajstić information content (AvgIpc) is 1.56. The van der Waals surface area contributed by atoms with Crippen LogP contribution < -0.4 is 9.80 Å². The summed E-state index contributed by atoms with van der Waals surface area (Å²) < 4.78 is 4.84. The van der Waals surface area contributed by atoms with E-state index in [1.165, 1.54) is 177 Å². The molecular weight excluding hydrogens is 1380 g/mol. The summed E-state index contributed by atoms with van der Waals surface area (Å²) in [5.74, 6) is 0. The minimum absolute atomic E-state index is 0.272. The molecule has 18 aromatic carbocycles. The standard InChI is InChI=1S/C110H74N4/c1-109(2)98-61-68(73-56-70-24-23-38-91-83-33-17-18-34-84(83)96(59-73)106(70)91)40-49-86(98)88-51-44-81(65-100(88)109)112(75-27-11-6-12-28-75)79-47-55-105-95(64-79)93-58-67(43-53-103(93)114(105)77-31-15-8-16-32-77)72-57-71-42-48-82(108-92-37-20-19-35-85(92)97(60-72)107(71)108)69-41-50-87-89-52-45-80(66-101(89)110(3,4)99(87)62-69)111(74-25-9-5-10-26-74)78-46-54-104-94(63-78)90-36-21-22-39-102(90)113(104)76-29-13-7-14-30-76/h5-66H,1-4H3. The Bertz CT molecular complexity index is 7520. The topological polar surface area (TPSA) is 16.3 Å². The van der Waals surface area contributed by atoms with E-state index in [0.717, 1.165) is 56.5 Å². The van der Waals surface area contributed by atoms with E-state index in [1.54, 1.807) is 0 Å². The molecule has 4 heteroatoms. The van der Waals surface area contributed by atoms with Crippen molar-refractivity contribution in [2.75, 3.05) is 9.80 Å². The van der Waals surface area contributed by atoms with Gasteiger partial charge >= 0.3 is 0 Å². The van der Waals surface area contributed by atoms with Crippen LogP contribution in [-0.2, 0) is 10.8 Å². The van der Waals surface area contributed by atoms with Crippen LogP contribution in [0.4, 0.5) is 34.1 Å². The number of anilines is 6. The molecule has 20 aromatic rings. The van der Waals surface area contributed by atoms with Crippen LogP contribution in [0.5, 0.6) is 0 Å². The van der Waals surface area contributed by atoms with E-state index in [4.69, 9.17) is 0 Å².